The molecule has 1 aromatic carbocycles. The van der Waals surface area contributed by atoms with Gasteiger partial charge in [0.25, 0.3) is 0 Å². The lowest BCUT2D eigenvalue weighted by atomic mass is 9.80. The second-order valence-electron chi connectivity index (χ2n) is 7.52. The molecule has 142 valence electrons. The van der Waals surface area contributed by atoms with Crippen LogP contribution in [0, 0.1) is 6.92 Å². The number of carbonyl (C=O) groups is 1. The third kappa shape index (κ3) is 3.43. The number of carbonyl (C=O) groups excluding carboxylic acids is 1. The lowest BCUT2D eigenvalue weighted by Crippen LogP contribution is -2.62. The highest BCUT2D eigenvalue weighted by atomic mass is 32.2. The third-order valence-electron chi connectivity index (χ3n) is 5.58. The number of rotatable bonds is 3. The Kier molecular flexibility index (Phi) is 4.42. The molecule has 0 aliphatic carbocycles. The van der Waals surface area contributed by atoms with Crippen LogP contribution < -0.4 is 5.32 Å². The van der Waals surface area contributed by atoms with E-state index >= 15 is 0 Å². The molecular weight excluding hydrogens is 362 g/mol. The van der Waals surface area contributed by atoms with E-state index in [9.17, 15) is 13.2 Å². The van der Waals surface area contributed by atoms with Gasteiger partial charge in [0.1, 0.15) is 0 Å². The second-order valence-corrected chi connectivity index (χ2v) is 9.54. The number of urea groups is 1. The van der Waals surface area contributed by atoms with Crippen molar-refractivity contribution in [2.45, 2.75) is 49.6 Å². The Balaban J connectivity index is 1.60. The highest BCUT2D eigenvalue weighted by Gasteiger charge is 2.44. The number of hydrogen-bond donors (Lipinski definition) is 1. The first-order chi connectivity index (χ1) is 12.8. The molecule has 0 saturated carbocycles. The van der Waals surface area contributed by atoms with E-state index in [-0.39, 0.29) is 10.9 Å². The Hall–Kier alpha value is -2.41. The summed E-state index contributed by atoms with van der Waals surface area (Å²) in [5, 5.41) is 3.00. The largest absolute Gasteiger partial charge is 0.322 e. The molecule has 4 rings (SSSR count). The molecule has 2 fully saturated rings. The number of fused-ring (bicyclic) bond motifs is 2. The van der Waals surface area contributed by atoms with Crippen LogP contribution in [0.1, 0.15) is 31.2 Å². The molecule has 2 aromatic rings. The maximum atomic E-state index is 12.6. The van der Waals surface area contributed by atoms with Gasteiger partial charge in [0.2, 0.25) is 0 Å². The van der Waals surface area contributed by atoms with Crippen molar-refractivity contribution >= 4 is 21.6 Å². The number of aryl methyl sites for hydroxylation is 1. The molecule has 2 bridgehead atoms. The van der Waals surface area contributed by atoms with Gasteiger partial charge in [-0.05, 0) is 61.9 Å². The van der Waals surface area contributed by atoms with Crippen LogP contribution in [0.4, 0.5) is 10.5 Å². The summed E-state index contributed by atoms with van der Waals surface area (Å²) in [4.78, 5) is 18.9. The molecule has 2 aliphatic heterocycles. The van der Waals surface area contributed by atoms with Gasteiger partial charge in [-0.15, -0.1) is 0 Å². The summed E-state index contributed by atoms with van der Waals surface area (Å²) in [6, 6.07) is 8.01. The van der Waals surface area contributed by atoms with E-state index in [0.717, 1.165) is 30.4 Å². The van der Waals surface area contributed by atoms with Gasteiger partial charge in [-0.2, -0.15) is 0 Å². The van der Waals surface area contributed by atoms with Crippen molar-refractivity contribution in [3.63, 3.8) is 0 Å². The molecule has 2 amide bonds. The first-order valence-electron chi connectivity index (χ1n) is 9.18. The number of nitrogens with zero attached hydrogens (tertiary/aromatic N) is 2. The maximum absolute atomic E-state index is 12.6. The number of aromatic nitrogens is 1. The van der Waals surface area contributed by atoms with Crippen molar-refractivity contribution in [2.24, 2.45) is 0 Å². The van der Waals surface area contributed by atoms with E-state index in [2.05, 4.69) is 10.3 Å². The normalized spacial score (nSPS) is 21.5. The predicted molar refractivity (Wildman–Crippen MR) is 104 cm³/mol. The molecular formula is C20H23N3O3S. The van der Waals surface area contributed by atoms with Crippen LogP contribution in [-0.2, 0) is 9.84 Å². The van der Waals surface area contributed by atoms with Crippen molar-refractivity contribution in [1.29, 1.82) is 0 Å². The van der Waals surface area contributed by atoms with Crippen molar-refractivity contribution in [1.82, 2.24) is 9.88 Å². The molecule has 2 unspecified atom stereocenters. The van der Waals surface area contributed by atoms with Crippen LogP contribution in [0.3, 0.4) is 0 Å². The Labute approximate surface area is 159 Å². The molecule has 27 heavy (non-hydrogen) atoms. The van der Waals surface area contributed by atoms with Gasteiger partial charge in [-0.3, -0.25) is 4.98 Å². The molecule has 1 aromatic heterocycles. The van der Waals surface area contributed by atoms with Crippen molar-refractivity contribution < 1.29 is 13.2 Å². The first-order valence-corrected chi connectivity index (χ1v) is 11.1. The SMILES string of the molecule is Cc1ccc(NC(=O)N2C3CCCC2C3)cc1-c1cncc(S(C)(=O)=O)c1. The van der Waals surface area contributed by atoms with Gasteiger partial charge >= 0.3 is 6.03 Å². The average molecular weight is 385 g/mol. The fraction of sp³-hybridized carbons (Fsp3) is 0.400. The van der Waals surface area contributed by atoms with Gasteiger partial charge in [0, 0.05) is 42.0 Å². The standard InChI is InChI=1S/C20H23N3O3S/c1-13-6-7-15(22-20(24)23-16-4-3-5-17(23)10-16)9-19(13)14-8-18(12-21-11-14)27(2,25)26/h6-9,11-12,16-17H,3-5,10H2,1-2H3,(H,22,24). The monoisotopic (exact) mass is 385 g/mol. The average Bonchev–Trinajstić information content (AvgIpc) is 2.63. The van der Waals surface area contributed by atoms with E-state index in [0.29, 0.717) is 23.3 Å². The molecule has 7 heteroatoms. The Morgan fingerprint density at radius 2 is 1.93 bits per heavy atom. The number of pyridine rings is 1. The topological polar surface area (TPSA) is 79.4 Å². The minimum atomic E-state index is -3.33. The quantitative estimate of drug-likeness (QED) is 0.875. The van der Waals surface area contributed by atoms with Crippen molar-refractivity contribution in [3.05, 3.63) is 42.2 Å². The molecule has 2 saturated heterocycles. The van der Waals surface area contributed by atoms with Gasteiger partial charge in [0.05, 0.1) is 4.90 Å². The summed E-state index contributed by atoms with van der Waals surface area (Å²) in [7, 11) is -3.33. The Bertz CT molecular complexity index is 989. The van der Waals surface area contributed by atoms with E-state index in [1.165, 1.54) is 18.9 Å². The fourth-order valence-electron chi connectivity index (χ4n) is 4.10. The first kappa shape index (κ1) is 18.0. The lowest BCUT2D eigenvalue weighted by molar-refractivity contribution is 0.0173. The summed E-state index contributed by atoms with van der Waals surface area (Å²) >= 11 is 0. The second kappa shape index (κ2) is 6.64. The highest BCUT2D eigenvalue weighted by Crippen LogP contribution is 2.38. The number of piperidine rings is 1. The maximum Gasteiger partial charge on any atom is 0.322 e. The van der Waals surface area contributed by atoms with Crippen LogP contribution in [-0.4, -0.2) is 42.7 Å². The van der Waals surface area contributed by atoms with Crippen LogP contribution in [0.5, 0.6) is 0 Å². The van der Waals surface area contributed by atoms with Crippen molar-refractivity contribution in [2.75, 3.05) is 11.6 Å². The zero-order valence-electron chi connectivity index (χ0n) is 15.5. The Morgan fingerprint density at radius 3 is 2.59 bits per heavy atom. The zero-order chi connectivity index (χ0) is 19.2. The van der Waals surface area contributed by atoms with E-state index in [4.69, 9.17) is 0 Å². The van der Waals surface area contributed by atoms with Crippen molar-refractivity contribution in [3.8, 4) is 11.1 Å². The minimum absolute atomic E-state index is 0.0474. The number of anilines is 1. The lowest BCUT2D eigenvalue weighted by Gasteiger charge is -2.52. The molecule has 1 N–H and O–H groups in total. The zero-order valence-corrected chi connectivity index (χ0v) is 16.3. The number of sulfone groups is 1. The molecule has 2 atom stereocenters. The summed E-state index contributed by atoms with van der Waals surface area (Å²) in [6.45, 7) is 1.95. The number of amides is 2. The van der Waals surface area contributed by atoms with Crippen LogP contribution in [0.15, 0.2) is 41.6 Å². The van der Waals surface area contributed by atoms with Crippen LogP contribution >= 0.6 is 0 Å². The van der Waals surface area contributed by atoms with E-state index in [1.54, 1.807) is 12.3 Å². The number of benzene rings is 1. The Morgan fingerprint density at radius 1 is 1.19 bits per heavy atom. The van der Waals surface area contributed by atoms with Gasteiger partial charge in [-0.25, -0.2) is 13.2 Å². The third-order valence-corrected chi connectivity index (χ3v) is 6.66. The van der Waals surface area contributed by atoms with Gasteiger partial charge < -0.3 is 10.2 Å². The van der Waals surface area contributed by atoms with E-state index in [1.807, 2.05) is 30.0 Å². The molecule has 3 heterocycles. The van der Waals surface area contributed by atoms with Crippen LogP contribution in [0.2, 0.25) is 0 Å². The van der Waals surface area contributed by atoms with Gasteiger partial charge in [0.15, 0.2) is 9.84 Å². The molecule has 2 aliphatic rings. The molecule has 0 radical (unpaired) electrons. The summed E-state index contributed by atoms with van der Waals surface area (Å²) < 4.78 is 23.6. The smallest absolute Gasteiger partial charge is 0.318 e. The van der Waals surface area contributed by atoms with E-state index < -0.39 is 9.84 Å². The molecule has 6 nitrogen and oxygen atoms in total. The summed E-state index contributed by atoms with van der Waals surface area (Å²) in [5.74, 6) is 0. The van der Waals surface area contributed by atoms with Gasteiger partial charge in [-0.1, -0.05) is 6.07 Å². The predicted octanol–water partition coefficient (Wildman–Crippen LogP) is 3.62. The van der Waals surface area contributed by atoms with Crippen LogP contribution in [0.25, 0.3) is 11.1 Å². The summed E-state index contributed by atoms with van der Waals surface area (Å²) in [5.41, 5.74) is 3.26. The molecule has 0 spiro atoms. The highest BCUT2D eigenvalue weighted by molar-refractivity contribution is 7.90. The fourth-order valence-corrected chi connectivity index (χ4v) is 4.70. The minimum Gasteiger partial charge on any atom is -0.318 e. The number of nitrogens with one attached hydrogen (secondary N) is 1. The summed E-state index contributed by atoms with van der Waals surface area (Å²) in [6.07, 6.45) is 8.67. The number of hydrogen-bond acceptors (Lipinski definition) is 4.